The molecule has 0 heterocycles. The van der Waals surface area contributed by atoms with Crippen LogP contribution >= 0.6 is 0 Å². The Kier molecular flexibility index (Phi) is 4.11. The van der Waals surface area contributed by atoms with E-state index in [1.807, 2.05) is 6.92 Å². The Morgan fingerprint density at radius 2 is 1.78 bits per heavy atom. The van der Waals surface area contributed by atoms with E-state index >= 15 is 0 Å². The summed E-state index contributed by atoms with van der Waals surface area (Å²) in [5, 5.41) is 10.0. The molecule has 23 heavy (non-hydrogen) atoms. The lowest BCUT2D eigenvalue weighted by molar-refractivity contribution is -0.130. The van der Waals surface area contributed by atoms with E-state index in [0.29, 0.717) is 17.1 Å². The molecule has 8 atom stereocenters. The fourth-order valence-corrected chi connectivity index (χ4v) is 7.93. The van der Waals surface area contributed by atoms with Crippen LogP contribution in [0.1, 0.15) is 78.1 Å². The van der Waals surface area contributed by atoms with Crippen LogP contribution in [0.2, 0.25) is 0 Å². The van der Waals surface area contributed by atoms with Crippen molar-refractivity contribution in [2.75, 3.05) is 0 Å². The van der Waals surface area contributed by atoms with Gasteiger partial charge in [0.15, 0.2) is 0 Å². The molecule has 4 saturated carbocycles. The van der Waals surface area contributed by atoms with Gasteiger partial charge in [-0.05, 0) is 106 Å². The average Bonchev–Trinajstić information content (AvgIpc) is 2.94. The third kappa shape index (κ3) is 2.34. The quantitative estimate of drug-likeness (QED) is 0.808. The van der Waals surface area contributed by atoms with Gasteiger partial charge < -0.3 is 5.11 Å². The van der Waals surface area contributed by atoms with Crippen LogP contribution in [-0.2, 0) is 4.79 Å². The fourth-order valence-electron chi connectivity index (χ4n) is 7.93. The highest BCUT2D eigenvalue weighted by molar-refractivity contribution is 5.79. The lowest BCUT2D eigenvalue weighted by Gasteiger charge is -2.56. The van der Waals surface area contributed by atoms with Crippen LogP contribution in [-0.4, -0.2) is 17.0 Å². The summed E-state index contributed by atoms with van der Waals surface area (Å²) in [5.41, 5.74) is 0.341. The second-order valence-electron chi connectivity index (χ2n) is 9.27. The molecule has 4 fully saturated rings. The largest absolute Gasteiger partial charge is 0.393 e. The third-order valence-corrected chi connectivity index (χ3v) is 8.79. The molecule has 0 spiro atoms. The SMILES string of the molecule is CC[C@]12CC[C@H]3[C@@H](CC[C@@H]4C[C@@H](O)CC[C@@H]43)[C@@H]1CC[C@@H]2C(C)=O. The number of hydrogen-bond donors (Lipinski definition) is 1. The Morgan fingerprint density at radius 1 is 1.00 bits per heavy atom. The van der Waals surface area contributed by atoms with E-state index in [-0.39, 0.29) is 6.10 Å². The van der Waals surface area contributed by atoms with Gasteiger partial charge >= 0.3 is 0 Å². The Bertz CT molecular complexity index is 472. The van der Waals surface area contributed by atoms with E-state index in [1.54, 1.807) is 0 Å². The minimum atomic E-state index is -0.0281. The average molecular weight is 319 g/mol. The Morgan fingerprint density at radius 3 is 2.52 bits per heavy atom. The van der Waals surface area contributed by atoms with E-state index in [0.717, 1.165) is 48.9 Å². The fraction of sp³-hybridized carbons (Fsp3) is 0.952. The Balaban J connectivity index is 1.59. The third-order valence-electron chi connectivity index (χ3n) is 8.79. The van der Waals surface area contributed by atoms with Crippen molar-refractivity contribution < 1.29 is 9.90 Å². The number of aliphatic hydroxyl groups excluding tert-OH is 1. The van der Waals surface area contributed by atoms with E-state index in [2.05, 4.69) is 6.92 Å². The first-order valence-corrected chi connectivity index (χ1v) is 10.3. The summed E-state index contributed by atoms with van der Waals surface area (Å²) in [4.78, 5) is 12.3. The highest BCUT2D eigenvalue weighted by Gasteiger charge is 2.59. The van der Waals surface area contributed by atoms with Gasteiger partial charge in [-0.15, -0.1) is 0 Å². The maximum absolute atomic E-state index is 12.3. The van der Waals surface area contributed by atoms with Gasteiger partial charge in [-0.25, -0.2) is 0 Å². The molecule has 1 N–H and O–H groups in total. The molecule has 0 aliphatic heterocycles. The molecule has 2 nitrogen and oxygen atoms in total. The topological polar surface area (TPSA) is 37.3 Å². The van der Waals surface area contributed by atoms with Crippen LogP contribution in [0.25, 0.3) is 0 Å². The van der Waals surface area contributed by atoms with Crippen LogP contribution in [0.5, 0.6) is 0 Å². The Hall–Kier alpha value is -0.370. The van der Waals surface area contributed by atoms with Crippen molar-refractivity contribution in [3.8, 4) is 0 Å². The van der Waals surface area contributed by atoms with Crippen LogP contribution < -0.4 is 0 Å². The van der Waals surface area contributed by atoms with Crippen molar-refractivity contribution in [1.29, 1.82) is 0 Å². The molecule has 4 aliphatic carbocycles. The molecule has 0 saturated heterocycles. The second-order valence-corrected chi connectivity index (χ2v) is 9.27. The number of fused-ring (bicyclic) bond motifs is 5. The van der Waals surface area contributed by atoms with Crippen LogP contribution in [0, 0.1) is 40.9 Å². The number of ketones is 1. The van der Waals surface area contributed by atoms with Crippen molar-refractivity contribution in [2.24, 2.45) is 40.9 Å². The van der Waals surface area contributed by atoms with Gasteiger partial charge in [0.25, 0.3) is 0 Å². The summed E-state index contributed by atoms with van der Waals surface area (Å²) in [6, 6.07) is 0. The van der Waals surface area contributed by atoms with Crippen molar-refractivity contribution in [3.05, 3.63) is 0 Å². The standard InChI is InChI=1S/C21H34O2/c1-3-21-11-10-17-16-7-5-15(23)12-14(16)4-6-18(17)20(21)9-8-19(21)13(2)22/h14-20,23H,3-12H2,1-2H3/t14-,15+,16+,17-,18-,19-,20+,21-/m1/s1. The second kappa shape index (κ2) is 5.86. The number of hydrogen-bond acceptors (Lipinski definition) is 2. The zero-order valence-corrected chi connectivity index (χ0v) is 15.0. The van der Waals surface area contributed by atoms with Crippen LogP contribution in [0.4, 0.5) is 0 Å². The molecule has 0 unspecified atom stereocenters. The summed E-state index contributed by atoms with van der Waals surface area (Å²) >= 11 is 0. The van der Waals surface area contributed by atoms with Gasteiger partial charge in [-0.3, -0.25) is 4.79 Å². The number of rotatable bonds is 2. The normalized spacial score (nSPS) is 52.4. The van der Waals surface area contributed by atoms with Gasteiger partial charge in [-0.1, -0.05) is 6.92 Å². The van der Waals surface area contributed by atoms with Crippen molar-refractivity contribution in [2.45, 2.75) is 84.2 Å². The summed E-state index contributed by atoms with van der Waals surface area (Å²) in [5.74, 6) is 5.07. The molecule has 0 aromatic carbocycles. The van der Waals surface area contributed by atoms with Crippen LogP contribution in [0.3, 0.4) is 0 Å². The smallest absolute Gasteiger partial charge is 0.133 e. The molecule has 2 heteroatoms. The minimum Gasteiger partial charge on any atom is -0.393 e. The molecule has 0 bridgehead atoms. The predicted molar refractivity (Wildman–Crippen MR) is 91.9 cm³/mol. The monoisotopic (exact) mass is 318 g/mol. The lowest BCUT2D eigenvalue weighted by atomic mass is 9.48. The summed E-state index contributed by atoms with van der Waals surface area (Å²) in [6.45, 7) is 4.19. The van der Waals surface area contributed by atoms with E-state index in [1.165, 1.54) is 44.9 Å². The van der Waals surface area contributed by atoms with Crippen molar-refractivity contribution >= 4 is 5.78 Å². The van der Waals surface area contributed by atoms with Crippen LogP contribution in [0.15, 0.2) is 0 Å². The number of carbonyl (C=O) groups is 1. The summed E-state index contributed by atoms with van der Waals surface area (Å²) in [7, 11) is 0. The molecule has 0 amide bonds. The highest BCUT2D eigenvalue weighted by Crippen LogP contribution is 2.65. The maximum atomic E-state index is 12.3. The van der Waals surface area contributed by atoms with E-state index < -0.39 is 0 Å². The molecule has 130 valence electrons. The van der Waals surface area contributed by atoms with Crippen molar-refractivity contribution in [1.82, 2.24) is 0 Å². The van der Waals surface area contributed by atoms with E-state index in [4.69, 9.17) is 0 Å². The Labute approximate surface area is 141 Å². The number of aliphatic hydroxyl groups is 1. The molecule has 0 aromatic heterocycles. The van der Waals surface area contributed by atoms with E-state index in [9.17, 15) is 9.90 Å². The highest BCUT2D eigenvalue weighted by atomic mass is 16.3. The summed E-state index contributed by atoms with van der Waals surface area (Å²) < 4.78 is 0. The molecule has 4 aliphatic rings. The van der Waals surface area contributed by atoms with Crippen molar-refractivity contribution in [3.63, 3.8) is 0 Å². The maximum Gasteiger partial charge on any atom is 0.133 e. The van der Waals surface area contributed by atoms with Gasteiger partial charge in [0.2, 0.25) is 0 Å². The van der Waals surface area contributed by atoms with Gasteiger partial charge in [0, 0.05) is 5.92 Å². The summed E-state index contributed by atoms with van der Waals surface area (Å²) in [6.07, 6.45) is 12.4. The number of carbonyl (C=O) groups excluding carboxylic acids is 1. The number of Topliss-reactive ketones (excluding diaryl/α,β-unsaturated/α-hetero) is 1. The molecule has 0 radical (unpaired) electrons. The predicted octanol–water partition coefficient (Wildman–Crippen LogP) is 4.60. The zero-order valence-electron chi connectivity index (χ0n) is 15.0. The first-order valence-electron chi connectivity index (χ1n) is 10.3. The molecule has 4 rings (SSSR count). The zero-order chi connectivity index (χ0) is 16.2. The van der Waals surface area contributed by atoms with Gasteiger partial charge in [0.05, 0.1) is 6.10 Å². The van der Waals surface area contributed by atoms with Gasteiger partial charge in [-0.2, -0.15) is 0 Å². The lowest BCUT2D eigenvalue weighted by Crippen LogP contribution is -2.50. The minimum absolute atomic E-state index is 0.0281. The molecular formula is C21H34O2. The van der Waals surface area contributed by atoms with Gasteiger partial charge in [0.1, 0.15) is 5.78 Å². The molecular weight excluding hydrogens is 284 g/mol. The molecule has 0 aromatic rings. The first kappa shape index (κ1) is 16.1. The first-order chi connectivity index (χ1) is 11.1.